The Balaban J connectivity index is 1.56. The topological polar surface area (TPSA) is 15.3 Å². The van der Waals surface area contributed by atoms with Crippen LogP contribution >= 0.6 is 0 Å². The van der Waals surface area contributed by atoms with Crippen molar-refractivity contribution in [2.45, 2.75) is 69.9 Å². The van der Waals surface area contributed by atoms with Crippen molar-refractivity contribution in [1.82, 2.24) is 10.2 Å². The summed E-state index contributed by atoms with van der Waals surface area (Å²) in [6, 6.07) is 1.74. The molecule has 0 amide bonds. The number of nitrogens with zero attached hydrogens (tertiary/aromatic N) is 1. The van der Waals surface area contributed by atoms with E-state index in [-0.39, 0.29) is 0 Å². The first-order valence-electron chi connectivity index (χ1n) is 7.91. The predicted molar refractivity (Wildman–Crippen MR) is 72.2 cm³/mol. The van der Waals surface area contributed by atoms with E-state index in [1.54, 1.807) is 0 Å². The fourth-order valence-corrected chi connectivity index (χ4v) is 4.32. The third-order valence-electron chi connectivity index (χ3n) is 5.23. The van der Waals surface area contributed by atoms with Gasteiger partial charge in [0.25, 0.3) is 0 Å². The van der Waals surface area contributed by atoms with Crippen molar-refractivity contribution in [2.24, 2.45) is 5.92 Å². The van der Waals surface area contributed by atoms with Gasteiger partial charge >= 0.3 is 0 Å². The summed E-state index contributed by atoms with van der Waals surface area (Å²) in [5, 5.41) is 3.72. The maximum absolute atomic E-state index is 3.72. The van der Waals surface area contributed by atoms with Crippen LogP contribution in [0.4, 0.5) is 0 Å². The number of piperidine rings is 2. The van der Waals surface area contributed by atoms with Crippen LogP contribution in [0.1, 0.15) is 57.8 Å². The standard InChI is InChI=1S/C15H28N2/c1-2-9-15-13(6-1)7-5-11-17(15)12-14-8-3-4-10-16-14/h13-16H,1-12H2/t13-,14?,15-/m1/s1. The maximum Gasteiger partial charge on any atom is 0.0195 e. The van der Waals surface area contributed by atoms with Crippen LogP contribution in [-0.2, 0) is 0 Å². The Hall–Kier alpha value is -0.0800. The number of nitrogens with one attached hydrogen (secondary N) is 1. The maximum atomic E-state index is 3.72. The summed E-state index contributed by atoms with van der Waals surface area (Å²) in [4.78, 5) is 2.84. The number of fused-ring (bicyclic) bond motifs is 1. The van der Waals surface area contributed by atoms with E-state index in [9.17, 15) is 0 Å². The molecule has 0 aromatic heterocycles. The minimum Gasteiger partial charge on any atom is -0.313 e. The largest absolute Gasteiger partial charge is 0.313 e. The lowest BCUT2D eigenvalue weighted by atomic mass is 9.78. The Morgan fingerprint density at radius 1 is 0.882 bits per heavy atom. The Bertz CT molecular complexity index is 233. The molecule has 0 spiro atoms. The summed E-state index contributed by atoms with van der Waals surface area (Å²) < 4.78 is 0. The molecular formula is C15H28N2. The lowest BCUT2D eigenvalue weighted by molar-refractivity contribution is 0.0503. The second-order valence-corrected chi connectivity index (χ2v) is 6.40. The van der Waals surface area contributed by atoms with Crippen molar-refractivity contribution < 1.29 is 0 Å². The molecular weight excluding hydrogens is 208 g/mol. The van der Waals surface area contributed by atoms with E-state index in [2.05, 4.69) is 10.2 Å². The van der Waals surface area contributed by atoms with Crippen molar-refractivity contribution in [2.75, 3.05) is 19.6 Å². The smallest absolute Gasteiger partial charge is 0.0195 e. The van der Waals surface area contributed by atoms with Crippen LogP contribution in [0.2, 0.25) is 0 Å². The average Bonchev–Trinajstić information content (AvgIpc) is 2.40. The Labute approximate surface area is 106 Å². The van der Waals surface area contributed by atoms with E-state index < -0.39 is 0 Å². The number of hydrogen-bond acceptors (Lipinski definition) is 2. The number of hydrogen-bond donors (Lipinski definition) is 1. The summed E-state index contributed by atoms with van der Waals surface area (Å²) in [5.74, 6) is 1.04. The molecule has 1 N–H and O–H groups in total. The monoisotopic (exact) mass is 236 g/mol. The molecule has 0 radical (unpaired) electrons. The third kappa shape index (κ3) is 2.85. The Morgan fingerprint density at radius 2 is 1.71 bits per heavy atom. The van der Waals surface area contributed by atoms with Crippen LogP contribution in [0.3, 0.4) is 0 Å². The Kier molecular flexibility index (Phi) is 4.02. The van der Waals surface area contributed by atoms with Crippen LogP contribution in [0, 0.1) is 5.92 Å². The van der Waals surface area contributed by atoms with E-state index in [0.29, 0.717) is 0 Å². The van der Waals surface area contributed by atoms with E-state index in [1.165, 1.54) is 77.4 Å². The second kappa shape index (κ2) is 5.71. The molecule has 3 fully saturated rings. The van der Waals surface area contributed by atoms with E-state index in [4.69, 9.17) is 0 Å². The molecule has 1 saturated carbocycles. The second-order valence-electron chi connectivity index (χ2n) is 6.40. The molecule has 2 heterocycles. The van der Waals surface area contributed by atoms with Gasteiger partial charge in [-0.2, -0.15) is 0 Å². The fourth-order valence-electron chi connectivity index (χ4n) is 4.32. The van der Waals surface area contributed by atoms with Gasteiger partial charge in [0.15, 0.2) is 0 Å². The summed E-state index contributed by atoms with van der Waals surface area (Å²) in [7, 11) is 0. The van der Waals surface area contributed by atoms with E-state index >= 15 is 0 Å². The minimum absolute atomic E-state index is 0.796. The highest BCUT2D eigenvalue weighted by atomic mass is 15.2. The van der Waals surface area contributed by atoms with Gasteiger partial charge in [-0.3, -0.25) is 4.90 Å². The lowest BCUT2D eigenvalue weighted by Crippen LogP contribution is -2.52. The van der Waals surface area contributed by atoms with Crippen molar-refractivity contribution in [3.8, 4) is 0 Å². The first-order valence-corrected chi connectivity index (χ1v) is 7.91. The van der Waals surface area contributed by atoms with Gasteiger partial charge in [0.2, 0.25) is 0 Å². The number of likely N-dealkylation sites (tertiary alicyclic amines) is 1. The van der Waals surface area contributed by atoms with Gasteiger partial charge in [0.1, 0.15) is 0 Å². The molecule has 0 aromatic carbocycles. The van der Waals surface area contributed by atoms with Gasteiger partial charge < -0.3 is 5.32 Å². The molecule has 2 aliphatic heterocycles. The molecule has 3 atom stereocenters. The third-order valence-corrected chi connectivity index (χ3v) is 5.23. The molecule has 2 heteroatoms. The van der Waals surface area contributed by atoms with E-state index in [0.717, 1.165) is 18.0 Å². The van der Waals surface area contributed by atoms with Crippen molar-refractivity contribution in [3.63, 3.8) is 0 Å². The van der Waals surface area contributed by atoms with Crippen LogP contribution in [-0.4, -0.2) is 36.6 Å². The lowest BCUT2D eigenvalue weighted by Gasteiger charge is -2.45. The molecule has 2 saturated heterocycles. The predicted octanol–water partition coefficient (Wildman–Crippen LogP) is 2.78. The average molecular weight is 236 g/mol. The molecule has 0 aromatic rings. The van der Waals surface area contributed by atoms with Gasteiger partial charge in [0.05, 0.1) is 0 Å². The van der Waals surface area contributed by atoms with Crippen LogP contribution in [0.5, 0.6) is 0 Å². The molecule has 0 bridgehead atoms. The summed E-state index contributed by atoms with van der Waals surface area (Å²) in [6.45, 7) is 3.97. The van der Waals surface area contributed by atoms with Crippen LogP contribution in [0.15, 0.2) is 0 Å². The van der Waals surface area contributed by atoms with Gasteiger partial charge in [0, 0.05) is 18.6 Å². The summed E-state index contributed by atoms with van der Waals surface area (Å²) >= 11 is 0. The quantitative estimate of drug-likeness (QED) is 0.793. The van der Waals surface area contributed by atoms with Crippen LogP contribution in [0.25, 0.3) is 0 Å². The molecule has 3 rings (SSSR count). The van der Waals surface area contributed by atoms with Crippen LogP contribution < -0.4 is 5.32 Å². The zero-order valence-electron chi connectivity index (χ0n) is 11.2. The van der Waals surface area contributed by atoms with Gasteiger partial charge in [-0.15, -0.1) is 0 Å². The van der Waals surface area contributed by atoms with Crippen molar-refractivity contribution >= 4 is 0 Å². The molecule has 1 aliphatic carbocycles. The summed E-state index contributed by atoms with van der Waals surface area (Å²) in [5.41, 5.74) is 0. The summed E-state index contributed by atoms with van der Waals surface area (Å²) in [6.07, 6.45) is 13.2. The molecule has 98 valence electrons. The molecule has 3 aliphatic rings. The van der Waals surface area contributed by atoms with Gasteiger partial charge in [-0.1, -0.05) is 19.3 Å². The SMILES string of the molecule is C1CCC(CN2CCC[C@H]3CCCC[C@H]32)NC1. The normalized spacial score (nSPS) is 39.9. The van der Waals surface area contributed by atoms with Crippen molar-refractivity contribution in [3.05, 3.63) is 0 Å². The molecule has 17 heavy (non-hydrogen) atoms. The highest BCUT2D eigenvalue weighted by Crippen LogP contribution is 2.35. The number of rotatable bonds is 2. The Morgan fingerprint density at radius 3 is 2.59 bits per heavy atom. The highest BCUT2D eigenvalue weighted by Gasteiger charge is 2.34. The first kappa shape index (κ1) is 12.0. The highest BCUT2D eigenvalue weighted by molar-refractivity contribution is 4.89. The molecule has 2 nitrogen and oxygen atoms in total. The van der Waals surface area contributed by atoms with Crippen molar-refractivity contribution in [1.29, 1.82) is 0 Å². The first-order chi connectivity index (χ1) is 8.43. The van der Waals surface area contributed by atoms with Gasteiger partial charge in [-0.25, -0.2) is 0 Å². The van der Waals surface area contributed by atoms with Gasteiger partial charge in [-0.05, 0) is 57.5 Å². The molecule has 1 unspecified atom stereocenters. The zero-order chi connectivity index (χ0) is 11.5. The fraction of sp³-hybridized carbons (Fsp3) is 1.00. The zero-order valence-corrected chi connectivity index (χ0v) is 11.2. The van der Waals surface area contributed by atoms with E-state index in [1.807, 2.05) is 0 Å². The minimum atomic E-state index is 0.796.